The van der Waals surface area contributed by atoms with Crippen LogP contribution in [0.15, 0.2) is 64.0 Å². The molecule has 0 amide bonds. The van der Waals surface area contributed by atoms with Gasteiger partial charge in [0, 0.05) is 17.6 Å². The van der Waals surface area contributed by atoms with Crippen molar-refractivity contribution in [2.24, 2.45) is 9.50 Å². The number of ether oxygens (including phenoxy) is 2. The number of nitrogens with two attached hydrogens (primary N) is 1. The molecule has 1 unspecified atom stereocenters. The summed E-state index contributed by atoms with van der Waals surface area (Å²) in [6.45, 7) is -0.686. The quantitative estimate of drug-likeness (QED) is 0.554. The van der Waals surface area contributed by atoms with Crippen molar-refractivity contribution in [3.63, 3.8) is 0 Å². The van der Waals surface area contributed by atoms with E-state index in [9.17, 15) is 9.32 Å². The third kappa shape index (κ3) is 4.57. The molecule has 3 aromatic rings. The molecule has 148 valence electrons. The molecular weight excluding hydrogens is 382 g/mol. The monoisotopic (exact) mass is 403 g/mol. The van der Waals surface area contributed by atoms with Gasteiger partial charge in [-0.1, -0.05) is 0 Å². The molecule has 1 heterocycles. The van der Waals surface area contributed by atoms with Crippen LogP contribution < -0.4 is 14.6 Å². The van der Waals surface area contributed by atoms with Crippen molar-refractivity contribution < 1.29 is 23.9 Å². The third-order valence-electron chi connectivity index (χ3n) is 3.99. The molecule has 4 N–H and O–H groups in total. The smallest absolute Gasteiger partial charge is 0.138 e. The van der Waals surface area contributed by atoms with E-state index in [4.69, 9.17) is 19.7 Å². The lowest BCUT2D eigenvalue weighted by Gasteiger charge is -2.11. The van der Waals surface area contributed by atoms with Gasteiger partial charge in [-0.3, -0.25) is 4.98 Å². The van der Waals surface area contributed by atoms with E-state index in [1.54, 1.807) is 43.6 Å². The number of aliphatic hydroxyl groups is 2. The molecular formula is C19H21N3O5S. The first-order valence-electron chi connectivity index (χ1n) is 8.43. The van der Waals surface area contributed by atoms with Gasteiger partial charge in [0.15, 0.2) is 0 Å². The number of nitrogens with zero attached hydrogens (tertiary/aromatic N) is 2. The average Bonchev–Trinajstić information content (AvgIpc) is 2.72. The van der Waals surface area contributed by atoms with E-state index in [1.807, 2.05) is 18.2 Å². The highest BCUT2D eigenvalue weighted by Gasteiger charge is 2.10. The summed E-state index contributed by atoms with van der Waals surface area (Å²) in [5.41, 5.74) is 0.736. The second kappa shape index (κ2) is 8.53. The average molecular weight is 403 g/mol. The first-order valence-corrected chi connectivity index (χ1v) is 10.0. The molecule has 3 rings (SSSR count). The number of aliphatic hydroxyl groups excluding tert-OH is 2. The Balaban J connectivity index is 1.83. The second-order valence-electron chi connectivity index (χ2n) is 5.98. The minimum atomic E-state index is -3.17. The number of pyridine rings is 1. The molecule has 28 heavy (non-hydrogen) atoms. The van der Waals surface area contributed by atoms with Gasteiger partial charge < -0.3 is 19.7 Å². The summed E-state index contributed by atoms with van der Waals surface area (Å²) < 4.78 is 27.4. The molecule has 0 bridgehead atoms. The number of rotatable bonds is 7. The highest BCUT2D eigenvalue weighted by molar-refractivity contribution is 7.91. The first-order chi connectivity index (χ1) is 13.4. The fraction of sp³-hybridized carbons (Fsp3) is 0.211. The minimum Gasteiger partial charge on any atom is -0.497 e. The molecule has 0 saturated carbocycles. The molecule has 0 saturated heterocycles. The van der Waals surface area contributed by atoms with Gasteiger partial charge in [0.25, 0.3) is 0 Å². The molecule has 2 atom stereocenters. The maximum absolute atomic E-state index is 12.5. The van der Waals surface area contributed by atoms with E-state index in [1.165, 1.54) is 0 Å². The van der Waals surface area contributed by atoms with E-state index in [-0.39, 0.29) is 6.54 Å². The maximum atomic E-state index is 12.5. The van der Waals surface area contributed by atoms with Crippen LogP contribution in [0.2, 0.25) is 0 Å². The zero-order valence-corrected chi connectivity index (χ0v) is 16.0. The van der Waals surface area contributed by atoms with Gasteiger partial charge in [-0.2, -0.15) is 0 Å². The van der Waals surface area contributed by atoms with Gasteiger partial charge >= 0.3 is 0 Å². The van der Waals surface area contributed by atoms with E-state index < -0.39 is 22.6 Å². The first kappa shape index (κ1) is 20.0. The summed E-state index contributed by atoms with van der Waals surface area (Å²) in [5.74, 6) is 1.84. The maximum Gasteiger partial charge on any atom is 0.138 e. The Kier molecular flexibility index (Phi) is 6.10. The van der Waals surface area contributed by atoms with E-state index in [0.29, 0.717) is 22.1 Å². The van der Waals surface area contributed by atoms with Crippen LogP contribution in [-0.2, 0) is 9.92 Å². The summed E-state index contributed by atoms with van der Waals surface area (Å²) >= 11 is 0. The number of hydrogen-bond acceptors (Lipinski definition) is 7. The van der Waals surface area contributed by atoms with Crippen molar-refractivity contribution in [2.75, 3.05) is 20.3 Å². The molecule has 2 aromatic carbocycles. The largest absolute Gasteiger partial charge is 0.497 e. The van der Waals surface area contributed by atoms with E-state index in [0.717, 1.165) is 10.9 Å². The lowest BCUT2D eigenvalue weighted by molar-refractivity contribution is 0.102. The molecule has 0 aliphatic carbocycles. The summed E-state index contributed by atoms with van der Waals surface area (Å²) in [5, 5.41) is 24.7. The number of methoxy groups -OCH3 is 1. The van der Waals surface area contributed by atoms with Gasteiger partial charge in [0.2, 0.25) is 0 Å². The molecule has 0 fully saturated rings. The Morgan fingerprint density at radius 2 is 1.89 bits per heavy atom. The van der Waals surface area contributed by atoms with Crippen molar-refractivity contribution in [2.45, 2.75) is 11.0 Å². The summed E-state index contributed by atoms with van der Waals surface area (Å²) in [6.07, 6.45) is 0.550. The molecule has 8 nitrogen and oxygen atoms in total. The van der Waals surface area contributed by atoms with Crippen LogP contribution in [-0.4, -0.2) is 45.8 Å². The zero-order chi connectivity index (χ0) is 20.1. The van der Waals surface area contributed by atoms with Crippen molar-refractivity contribution in [3.8, 4) is 17.2 Å². The second-order valence-corrected chi connectivity index (χ2v) is 7.85. The van der Waals surface area contributed by atoms with E-state index in [2.05, 4.69) is 9.35 Å². The fourth-order valence-electron chi connectivity index (χ4n) is 2.48. The van der Waals surface area contributed by atoms with Gasteiger partial charge in [-0.15, -0.1) is 0 Å². The fourth-order valence-corrected chi connectivity index (χ4v) is 3.54. The van der Waals surface area contributed by atoms with Crippen LogP contribution in [0.1, 0.15) is 0 Å². The Bertz CT molecular complexity index is 1080. The number of hydrogen-bond donors (Lipinski definition) is 3. The molecule has 0 radical (unpaired) electrons. The van der Waals surface area contributed by atoms with Crippen LogP contribution in [0.4, 0.5) is 0 Å². The number of aromatic nitrogens is 1. The number of fused-ring (bicyclic) bond motifs is 1. The predicted octanol–water partition coefficient (Wildman–Crippen LogP) is 2.09. The molecule has 0 aliphatic heterocycles. The lowest BCUT2D eigenvalue weighted by Crippen LogP contribution is -2.20. The highest BCUT2D eigenvalue weighted by atomic mass is 32.2. The van der Waals surface area contributed by atoms with Crippen molar-refractivity contribution in [1.29, 1.82) is 0 Å². The van der Waals surface area contributed by atoms with Crippen molar-refractivity contribution in [3.05, 3.63) is 54.7 Å². The highest BCUT2D eigenvalue weighted by Crippen LogP contribution is 2.31. The minimum absolute atomic E-state index is 0.212. The standard InChI is InChI=1S/C19H21N3O5S/c1-26-15-4-7-17-18(10-15)21-9-8-19(17)27-14-2-5-16(6-3-14)28(20,25)22-11-13(24)12-23/h2-10,13,23-24H,11-12H2,1H3,(H2,20,22,25)/t13-,28?/m1/s1. The molecule has 0 aliphatic rings. The Morgan fingerprint density at radius 1 is 1.18 bits per heavy atom. The Labute approximate surface area is 162 Å². The number of benzene rings is 2. The summed E-state index contributed by atoms with van der Waals surface area (Å²) in [6, 6.07) is 13.6. The van der Waals surface area contributed by atoms with Gasteiger partial charge in [0.1, 0.15) is 27.2 Å². The summed E-state index contributed by atoms with van der Waals surface area (Å²) in [7, 11) is -1.58. The van der Waals surface area contributed by atoms with Crippen LogP contribution in [0.5, 0.6) is 17.2 Å². The van der Waals surface area contributed by atoms with Crippen LogP contribution in [0.3, 0.4) is 0 Å². The predicted molar refractivity (Wildman–Crippen MR) is 106 cm³/mol. The SMILES string of the molecule is COc1ccc2c(Oc3ccc(S(N)(=O)=NC[C@@H](O)CO)cc3)ccnc2c1. The van der Waals surface area contributed by atoms with Gasteiger partial charge in [-0.05, 0) is 42.5 Å². The van der Waals surface area contributed by atoms with Crippen molar-refractivity contribution in [1.82, 2.24) is 4.98 Å². The van der Waals surface area contributed by atoms with Gasteiger partial charge in [0.05, 0.1) is 36.8 Å². The summed E-state index contributed by atoms with van der Waals surface area (Å²) in [4.78, 5) is 4.62. The van der Waals surface area contributed by atoms with Crippen LogP contribution >= 0.6 is 0 Å². The zero-order valence-electron chi connectivity index (χ0n) is 15.2. The van der Waals surface area contributed by atoms with Crippen LogP contribution in [0, 0.1) is 0 Å². The van der Waals surface area contributed by atoms with Crippen LogP contribution in [0.25, 0.3) is 10.9 Å². The Morgan fingerprint density at radius 3 is 2.57 bits per heavy atom. The van der Waals surface area contributed by atoms with E-state index >= 15 is 0 Å². The molecule has 9 heteroatoms. The topological polar surface area (TPSA) is 127 Å². The van der Waals surface area contributed by atoms with Crippen molar-refractivity contribution >= 4 is 20.8 Å². The lowest BCUT2D eigenvalue weighted by atomic mass is 10.2. The molecule has 1 aromatic heterocycles. The van der Waals surface area contributed by atoms with Gasteiger partial charge in [-0.25, -0.2) is 13.7 Å². The normalized spacial score (nSPS) is 14.3. The Hall–Kier alpha value is -2.72. The third-order valence-corrected chi connectivity index (χ3v) is 5.47. The molecule has 0 spiro atoms.